The van der Waals surface area contributed by atoms with E-state index in [0.717, 1.165) is 30.8 Å². The van der Waals surface area contributed by atoms with Gasteiger partial charge in [0.15, 0.2) is 5.16 Å². The molecule has 0 bridgehead atoms. The molecule has 1 atom stereocenters. The number of nitrogens with zero attached hydrogens (tertiary/aromatic N) is 3. The van der Waals surface area contributed by atoms with Gasteiger partial charge in [0.05, 0.1) is 12.0 Å². The third-order valence-electron chi connectivity index (χ3n) is 3.21. The molecule has 2 rings (SSSR count). The number of aromatic nitrogens is 3. The number of carboxylic acid groups (broad SMARTS) is 1. The number of rotatable bonds is 8. The molecule has 0 spiro atoms. The molecule has 0 radical (unpaired) electrons. The summed E-state index contributed by atoms with van der Waals surface area (Å²) in [4.78, 5) is 10.7. The second-order valence-corrected chi connectivity index (χ2v) is 5.71. The molecule has 7 heteroatoms. The highest BCUT2D eigenvalue weighted by atomic mass is 32.2. The number of aryl methyl sites for hydroxylation is 2. The Kier molecular flexibility index (Phi) is 5.44. The van der Waals surface area contributed by atoms with Gasteiger partial charge in [0.25, 0.3) is 0 Å². The molecule has 0 aromatic carbocycles. The van der Waals surface area contributed by atoms with Crippen molar-refractivity contribution in [2.24, 2.45) is 0 Å². The zero-order chi connectivity index (χ0) is 15.2. The molecule has 0 saturated carbocycles. The lowest BCUT2D eigenvalue weighted by atomic mass is 10.1. The quantitative estimate of drug-likeness (QED) is 0.755. The van der Waals surface area contributed by atoms with Crippen molar-refractivity contribution in [2.45, 2.75) is 44.3 Å². The average Bonchev–Trinajstić information content (AvgIpc) is 3.11. The van der Waals surface area contributed by atoms with Crippen LogP contribution in [0.5, 0.6) is 0 Å². The van der Waals surface area contributed by atoms with E-state index in [9.17, 15) is 4.79 Å². The van der Waals surface area contributed by atoms with E-state index < -0.39 is 5.97 Å². The summed E-state index contributed by atoms with van der Waals surface area (Å²) in [5.41, 5.74) is 0. The molecule has 21 heavy (non-hydrogen) atoms. The van der Waals surface area contributed by atoms with Crippen molar-refractivity contribution in [3.63, 3.8) is 0 Å². The first-order valence-electron chi connectivity index (χ1n) is 6.92. The second kappa shape index (κ2) is 7.31. The first kappa shape index (κ1) is 15.6. The maximum Gasteiger partial charge on any atom is 0.313 e. The summed E-state index contributed by atoms with van der Waals surface area (Å²) < 4.78 is 7.38. The summed E-state index contributed by atoms with van der Waals surface area (Å²) in [6.07, 6.45) is 4.16. The zero-order valence-electron chi connectivity index (χ0n) is 12.2. The van der Waals surface area contributed by atoms with Crippen molar-refractivity contribution in [2.75, 3.05) is 5.75 Å². The predicted octanol–water partition coefficient (Wildman–Crippen LogP) is 2.80. The molecule has 0 aliphatic carbocycles. The van der Waals surface area contributed by atoms with Gasteiger partial charge in [-0.1, -0.05) is 18.7 Å². The Balaban J connectivity index is 2.07. The second-order valence-electron chi connectivity index (χ2n) is 4.77. The summed E-state index contributed by atoms with van der Waals surface area (Å²) in [5.74, 6) is 0.977. The highest BCUT2D eigenvalue weighted by Gasteiger charge is 2.18. The van der Waals surface area contributed by atoms with Crippen LogP contribution < -0.4 is 0 Å². The van der Waals surface area contributed by atoms with Gasteiger partial charge in [-0.2, -0.15) is 0 Å². The number of carbonyl (C=O) groups is 1. The molecular formula is C14H19N3O3S. The van der Waals surface area contributed by atoms with Crippen molar-refractivity contribution in [3.05, 3.63) is 30.0 Å². The molecule has 6 nitrogen and oxygen atoms in total. The van der Waals surface area contributed by atoms with Crippen molar-refractivity contribution in [3.8, 4) is 0 Å². The van der Waals surface area contributed by atoms with Gasteiger partial charge in [-0.25, -0.2) is 0 Å². The van der Waals surface area contributed by atoms with Gasteiger partial charge < -0.3 is 14.1 Å². The molecule has 0 aliphatic rings. The Labute approximate surface area is 127 Å². The lowest BCUT2D eigenvalue weighted by Gasteiger charge is -2.16. The number of hydrogen-bond donors (Lipinski definition) is 1. The first-order chi connectivity index (χ1) is 10.1. The Morgan fingerprint density at radius 2 is 2.33 bits per heavy atom. The van der Waals surface area contributed by atoms with Crippen LogP contribution in [0.4, 0.5) is 0 Å². The van der Waals surface area contributed by atoms with E-state index in [1.54, 1.807) is 6.26 Å². The fourth-order valence-electron chi connectivity index (χ4n) is 2.15. The highest BCUT2D eigenvalue weighted by Crippen LogP contribution is 2.25. The maximum absolute atomic E-state index is 10.7. The monoisotopic (exact) mass is 309 g/mol. The van der Waals surface area contributed by atoms with Crippen LogP contribution in [-0.2, 0) is 17.6 Å². The fraction of sp³-hybridized carbons (Fsp3) is 0.500. The van der Waals surface area contributed by atoms with E-state index in [1.165, 1.54) is 11.8 Å². The van der Waals surface area contributed by atoms with Crippen LogP contribution in [0.15, 0.2) is 28.0 Å². The van der Waals surface area contributed by atoms with Gasteiger partial charge in [-0.3, -0.25) is 4.79 Å². The standard InChI is InChI=1S/C14H19N3O3S/c1-3-12-15-16-14(21-9-13(18)19)17(12)10(2)6-7-11-5-4-8-20-11/h4-5,8,10H,3,6-7,9H2,1-2H3,(H,18,19). The number of thioether (sulfide) groups is 1. The number of hydrogen-bond acceptors (Lipinski definition) is 5. The van der Waals surface area contributed by atoms with E-state index in [1.807, 2.05) is 23.6 Å². The third kappa shape index (κ3) is 4.10. The molecule has 114 valence electrons. The van der Waals surface area contributed by atoms with Gasteiger partial charge in [-0.15, -0.1) is 10.2 Å². The molecule has 2 aromatic heterocycles. The van der Waals surface area contributed by atoms with E-state index in [-0.39, 0.29) is 11.8 Å². The molecule has 0 saturated heterocycles. The molecule has 0 aliphatic heterocycles. The molecule has 2 heterocycles. The van der Waals surface area contributed by atoms with Crippen LogP contribution in [0.2, 0.25) is 0 Å². The van der Waals surface area contributed by atoms with Gasteiger partial charge in [-0.05, 0) is 25.5 Å². The van der Waals surface area contributed by atoms with Gasteiger partial charge in [0, 0.05) is 18.9 Å². The minimum absolute atomic E-state index is 0.00719. The zero-order valence-corrected chi connectivity index (χ0v) is 13.0. The van der Waals surface area contributed by atoms with Crippen LogP contribution in [0.25, 0.3) is 0 Å². The molecule has 0 fully saturated rings. The van der Waals surface area contributed by atoms with Gasteiger partial charge in [0.1, 0.15) is 11.6 Å². The van der Waals surface area contributed by atoms with E-state index in [2.05, 4.69) is 17.1 Å². The van der Waals surface area contributed by atoms with Crippen molar-refractivity contribution >= 4 is 17.7 Å². The van der Waals surface area contributed by atoms with Crippen molar-refractivity contribution in [1.29, 1.82) is 0 Å². The number of carboxylic acids is 1. The molecule has 1 N–H and O–H groups in total. The van der Waals surface area contributed by atoms with Gasteiger partial charge >= 0.3 is 5.97 Å². The molecule has 1 unspecified atom stereocenters. The van der Waals surface area contributed by atoms with Crippen LogP contribution >= 0.6 is 11.8 Å². The minimum Gasteiger partial charge on any atom is -0.481 e. The largest absolute Gasteiger partial charge is 0.481 e. The Bertz CT molecular complexity index is 580. The van der Waals surface area contributed by atoms with Crippen molar-refractivity contribution < 1.29 is 14.3 Å². The summed E-state index contributed by atoms with van der Waals surface area (Å²) >= 11 is 1.21. The Morgan fingerprint density at radius 1 is 1.52 bits per heavy atom. The summed E-state index contributed by atoms with van der Waals surface area (Å²) in [7, 11) is 0. The summed E-state index contributed by atoms with van der Waals surface area (Å²) in [6.45, 7) is 4.11. The van der Waals surface area contributed by atoms with Crippen LogP contribution in [0.3, 0.4) is 0 Å². The first-order valence-corrected chi connectivity index (χ1v) is 7.91. The summed E-state index contributed by atoms with van der Waals surface area (Å²) in [5, 5.41) is 17.7. The van der Waals surface area contributed by atoms with Crippen LogP contribution in [0.1, 0.15) is 37.9 Å². The maximum atomic E-state index is 10.7. The van der Waals surface area contributed by atoms with E-state index >= 15 is 0 Å². The normalized spacial score (nSPS) is 12.5. The SMILES string of the molecule is CCc1nnc(SCC(=O)O)n1C(C)CCc1ccco1. The highest BCUT2D eigenvalue weighted by molar-refractivity contribution is 7.99. The van der Waals surface area contributed by atoms with E-state index in [0.29, 0.717) is 5.16 Å². The fourth-order valence-corrected chi connectivity index (χ4v) is 2.93. The molecule has 0 amide bonds. The van der Waals surface area contributed by atoms with Crippen LogP contribution in [-0.4, -0.2) is 31.6 Å². The number of aliphatic carboxylic acids is 1. The average molecular weight is 309 g/mol. The number of furan rings is 1. The van der Waals surface area contributed by atoms with E-state index in [4.69, 9.17) is 9.52 Å². The molecular weight excluding hydrogens is 290 g/mol. The van der Waals surface area contributed by atoms with Crippen LogP contribution in [0, 0.1) is 0 Å². The Morgan fingerprint density at radius 3 is 2.95 bits per heavy atom. The minimum atomic E-state index is -0.851. The smallest absolute Gasteiger partial charge is 0.313 e. The predicted molar refractivity (Wildman–Crippen MR) is 79.5 cm³/mol. The lowest BCUT2D eigenvalue weighted by Crippen LogP contribution is -2.12. The van der Waals surface area contributed by atoms with Gasteiger partial charge in [0.2, 0.25) is 0 Å². The topological polar surface area (TPSA) is 81.1 Å². The molecule has 2 aromatic rings. The third-order valence-corrected chi connectivity index (χ3v) is 4.13. The summed E-state index contributed by atoms with van der Waals surface area (Å²) in [6, 6.07) is 4.03. The Hall–Kier alpha value is -1.76. The van der Waals surface area contributed by atoms with Crippen molar-refractivity contribution in [1.82, 2.24) is 14.8 Å². The lowest BCUT2D eigenvalue weighted by molar-refractivity contribution is -0.133.